The van der Waals surface area contributed by atoms with E-state index in [1.807, 2.05) is 6.92 Å². The average Bonchev–Trinajstić information content (AvgIpc) is 2.58. The summed E-state index contributed by atoms with van der Waals surface area (Å²) in [6.45, 7) is 1.99. The van der Waals surface area contributed by atoms with Crippen LogP contribution in [0.3, 0.4) is 0 Å². The summed E-state index contributed by atoms with van der Waals surface area (Å²) in [5, 5.41) is 10.2. The van der Waals surface area contributed by atoms with Crippen molar-refractivity contribution in [3.8, 4) is 0 Å². The van der Waals surface area contributed by atoms with Crippen molar-refractivity contribution in [2.45, 2.75) is 19.9 Å². The molecule has 0 radical (unpaired) electrons. The van der Waals surface area contributed by atoms with Crippen molar-refractivity contribution in [2.75, 3.05) is 0 Å². The standard InChI is InChI=1S/C17H16N4O3/c1-10-6-11(16(23)19-8-10)9-18-15(22)7-14-12-4-2-3-5-13(12)17(24)21-20-14/h2-6,8H,7,9H2,1H3,(H,18,22)(H,19,23)(H,21,24). The molecule has 0 atom stereocenters. The monoisotopic (exact) mass is 324 g/mol. The molecule has 0 saturated carbocycles. The van der Waals surface area contributed by atoms with E-state index in [0.717, 1.165) is 5.56 Å². The summed E-state index contributed by atoms with van der Waals surface area (Å²) in [6, 6.07) is 8.71. The molecule has 3 N–H and O–H groups in total. The normalized spacial score (nSPS) is 10.7. The maximum Gasteiger partial charge on any atom is 0.272 e. The summed E-state index contributed by atoms with van der Waals surface area (Å²) in [6.07, 6.45) is 1.63. The van der Waals surface area contributed by atoms with E-state index in [-0.39, 0.29) is 30.0 Å². The molecule has 3 aromatic rings. The summed E-state index contributed by atoms with van der Waals surface area (Å²) >= 11 is 0. The van der Waals surface area contributed by atoms with Gasteiger partial charge in [-0.15, -0.1) is 0 Å². The van der Waals surface area contributed by atoms with Crippen LogP contribution >= 0.6 is 0 Å². The van der Waals surface area contributed by atoms with Gasteiger partial charge < -0.3 is 10.3 Å². The number of aromatic nitrogens is 3. The molecular weight excluding hydrogens is 308 g/mol. The van der Waals surface area contributed by atoms with E-state index in [0.29, 0.717) is 22.0 Å². The topological polar surface area (TPSA) is 108 Å². The highest BCUT2D eigenvalue weighted by atomic mass is 16.2. The third-order valence-corrected chi connectivity index (χ3v) is 3.70. The lowest BCUT2D eigenvalue weighted by molar-refractivity contribution is -0.120. The lowest BCUT2D eigenvalue weighted by Crippen LogP contribution is -2.28. The Bertz CT molecular complexity index is 1020. The van der Waals surface area contributed by atoms with Crippen molar-refractivity contribution < 1.29 is 4.79 Å². The van der Waals surface area contributed by atoms with E-state index in [9.17, 15) is 14.4 Å². The number of hydrogen-bond acceptors (Lipinski definition) is 4. The van der Waals surface area contributed by atoms with Gasteiger partial charge in [-0.1, -0.05) is 18.2 Å². The van der Waals surface area contributed by atoms with Gasteiger partial charge >= 0.3 is 0 Å². The van der Waals surface area contributed by atoms with Gasteiger partial charge in [0.05, 0.1) is 17.5 Å². The Kier molecular flexibility index (Phi) is 4.24. The second kappa shape index (κ2) is 6.49. The van der Waals surface area contributed by atoms with Crippen LogP contribution in [-0.2, 0) is 17.8 Å². The Balaban J connectivity index is 1.76. The molecule has 3 rings (SSSR count). The van der Waals surface area contributed by atoms with Crippen LogP contribution in [0.1, 0.15) is 16.8 Å². The number of benzene rings is 1. The number of aryl methyl sites for hydroxylation is 1. The number of hydrogen-bond donors (Lipinski definition) is 3. The Morgan fingerprint density at radius 1 is 1.17 bits per heavy atom. The van der Waals surface area contributed by atoms with Crippen LogP contribution in [0.15, 0.2) is 46.1 Å². The highest BCUT2D eigenvalue weighted by Crippen LogP contribution is 2.12. The molecule has 1 aromatic carbocycles. The van der Waals surface area contributed by atoms with Crippen LogP contribution in [0.2, 0.25) is 0 Å². The van der Waals surface area contributed by atoms with Gasteiger partial charge in [-0.2, -0.15) is 5.10 Å². The fourth-order valence-electron chi connectivity index (χ4n) is 2.50. The van der Waals surface area contributed by atoms with Crippen LogP contribution in [0, 0.1) is 6.92 Å². The van der Waals surface area contributed by atoms with Gasteiger partial charge in [-0.3, -0.25) is 14.4 Å². The SMILES string of the molecule is Cc1c[nH]c(=O)c(CNC(=O)Cc2n[nH]c(=O)c3ccccc23)c1. The van der Waals surface area contributed by atoms with Gasteiger partial charge in [0.1, 0.15) is 0 Å². The zero-order chi connectivity index (χ0) is 17.1. The van der Waals surface area contributed by atoms with E-state index < -0.39 is 0 Å². The molecule has 0 aliphatic rings. The highest BCUT2D eigenvalue weighted by molar-refractivity contribution is 5.88. The average molecular weight is 324 g/mol. The molecule has 24 heavy (non-hydrogen) atoms. The van der Waals surface area contributed by atoms with Crippen molar-refractivity contribution in [1.82, 2.24) is 20.5 Å². The van der Waals surface area contributed by atoms with Crippen molar-refractivity contribution >= 4 is 16.7 Å². The molecule has 7 heteroatoms. The number of carbonyl (C=O) groups is 1. The first-order valence-electron chi connectivity index (χ1n) is 7.46. The zero-order valence-electron chi connectivity index (χ0n) is 13.1. The molecule has 0 spiro atoms. The second-order valence-electron chi connectivity index (χ2n) is 5.53. The zero-order valence-corrected chi connectivity index (χ0v) is 13.1. The molecule has 7 nitrogen and oxygen atoms in total. The molecule has 0 aliphatic heterocycles. The van der Waals surface area contributed by atoms with E-state index in [2.05, 4.69) is 20.5 Å². The summed E-state index contributed by atoms with van der Waals surface area (Å²) in [7, 11) is 0. The predicted octanol–water partition coefficient (Wildman–Crippen LogP) is 0.779. The first-order valence-corrected chi connectivity index (χ1v) is 7.46. The van der Waals surface area contributed by atoms with E-state index >= 15 is 0 Å². The van der Waals surface area contributed by atoms with Crippen molar-refractivity contribution in [1.29, 1.82) is 0 Å². The number of aromatic amines is 2. The fourth-order valence-corrected chi connectivity index (χ4v) is 2.50. The number of fused-ring (bicyclic) bond motifs is 1. The molecule has 2 heterocycles. The molecule has 0 aliphatic carbocycles. The molecular formula is C17H16N4O3. The van der Waals surface area contributed by atoms with Gasteiger partial charge in [0, 0.05) is 23.7 Å². The molecule has 0 unspecified atom stereocenters. The van der Waals surface area contributed by atoms with Crippen LogP contribution in [0.4, 0.5) is 0 Å². The molecule has 0 saturated heterocycles. The number of carbonyl (C=O) groups excluding carboxylic acids is 1. The van der Waals surface area contributed by atoms with Crippen LogP contribution < -0.4 is 16.4 Å². The van der Waals surface area contributed by atoms with Crippen LogP contribution in [0.25, 0.3) is 10.8 Å². The highest BCUT2D eigenvalue weighted by Gasteiger charge is 2.11. The number of nitrogens with one attached hydrogen (secondary N) is 3. The third kappa shape index (κ3) is 3.24. The second-order valence-corrected chi connectivity index (χ2v) is 5.53. The van der Waals surface area contributed by atoms with Gasteiger partial charge in [-0.05, 0) is 24.6 Å². The third-order valence-electron chi connectivity index (χ3n) is 3.70. The Morgan fingerprint density at radius 3 is 2.71 bits per heavy atom. The smallest absolute Gasteiger partial charge is 0.272 e. The summed E-state index contributed by atoms with van der Waals surface area (Å²) < 4.78 is 0. The van der Waals surface area contributed by atoms with E-state index in [4.69, 9.17) is 0 Å². The Hall–Kier alpha value is -3.22. The first kappa shape index (κ1) is 15.7. The number of rotatable bonds is 4. The Labute approximate surface area is 136 Å². The summed E-state index contributed by atoms with van der Waals surface area (Å²) in [4.78, 5) is 38.2. The maximum absolute atomic E-state index is 12.2. The van der Waals surface area contributed by atoms with Crippen molar-refractivity contribution in [3.05, 3.63) is 74.1 Å². The molecule has 122 valence electrons. The molecule has 0 bridgehead atoms. The fraction of sp³-hybridized carbons (Fsp3) is 0.176. The maximum atomic E-state index is 12.2. The number of amides is 1. The van der Waals surface area contributed by atoms with Gasteiger partial charge in [0.2, 0.25) is 5.91 Å². The summed E-state index contributed by atoms with van der Waals surface area (Å²) in [5.74, 6) is -0.277. The van der Waals surface area contributed by atoms with Crippen molar-refractivity contribution in [3.63, 3.8) is 0 Å². The number of pyridine rings is 1. The molecule has 1 amide bonds. The van der Waals surface area contributed by atoms with Gasteiger partial charge in [0.25, 0.3) is 11.1 Å². The minimum Gasteiger partial charge on any atom is -0.351 e. The lowest BCUT2D eigenvalue weighted by atomic mass is 10.1. The number of H-pyrrole nitrogens is 2. The van der Waals surface area contributed by atoms with E-state index in [1.165, 1.54) is 0 Å². The minimum atomic E-state index is -0.291. The van der Waals surface area contributed by atoms with Gasteiger partial charge in [0.15, 0.2) is 0 Å². The summed E-state index contributed by atoms with van der Waals surface area (Å²) in [5.41, 5.74) is 1.37. The lowest BCUT2D eigenvalue weighted by Gasteiger charge is -2.07. The van der Waals surface area contributed by atoms with Crippen LogP contribution in [-0.4, -0.2) is 21.1 Å². The number of nitrogens with zero attached hydrogens (tertiary/aromatic N) is 1. The van der Waals surface area contributed by atoms with Gasteiger partial charge in [-0.25, -0.2) is 5.10 Å². The van der Waals surface area contributed by atoms with Crippen molar-refractivity contribution in [2.24, 2.45) is 0 Å². The largest absolute Gasteiger partial charge is 0.351 e. The minimum absolute atomic E-state index is 0.0149. The van der Waals surface area contributed by atoms with Crippen LogP contribution in [0.5, 0.6) is 0 Å². The molecule has 0 fully saturated rings. The predicted molar refractivity (Wildman–Crippen MR) is 89.7 cm³/mol. The first-order chi connectivity index (χ1) is 11.5. The Morgan fingerprint density at radius 2 is 1.92 bits per heavy atom. The molecule has 2 aromatic heterocycles. The quantitative estimate of drug-likeness (QED) is 0.659. The van der Waals surface area contributed by atoms with E-state index in [1.54, 1.807) is 36.5 Å².